The van der Waals surface area contributed by atoms with Gasteiger partial charge in [-0.15, -0.1) is 0 Å². The van der Waals surface area contributed by atoms with Gasteiger partial charge in [-0.25, -0.2) is 4.79 Å². The number of nitrogens with one attached hydrogen (secondary N) is 3. The lowest BCUT2D eigenvalue weighted by atomic mass is 10.2. The molecule has 0 saturated carbocycles. The Morgan fingerprint density at radius 2 is 2.12 bits per heavy atom. The van der Waals surface area contributed by atoms with Gasteiger partial charge in [0.2, 0.25) is 5.91 Å². The van der Waals surface area contributed by atoms with Gasteiger partial charge in [0.15, 0.2) is 0 Å². The van der Waals surface area contributed by atoms with E-state index in [9.17, 15) is 9.59 Å². The number of carbonyl (C=O) groups is 2. The molecule has 0 saturated heterocycles. The van der Waals surface area contributed by atoms with Crippen LogP contribution < -0.4 is 16.0 Å². The minimum absolute atomic E-state index is 0.0610. The summed E-state index contributed by atoms with van der Waals surface area (Å²) in [6.07, 6.45) is 3.51. The molecule has 2 aromatic rings. The van der Waals surface area contributed by atoms with Crippen molar-refractivity contribution in [3.05, 3.63) is 41.2 Å². The molecule has 1 aromatic heterocycles. The smallest absolute Gasteiger partial charge is 0.319 e. The van der Waals surface area contributed by atoms with Gasteiger partial charge < -0.3 is 20.7 Å². The summed E-state index contributed by atoms with van der Waals surface area (Å²) >= 11 is 6.10. The molecule has 0 radical (unpaired) electrons. The van der Waals surface area contributed by atoms with E-state index in [1.54, 1.807) is 36.1 Å². The molecule has 0 aliphatic carbocycles. The van der Waals surface area contributed by atoms with Gasteiger partial charge in [-0.2, -0.15) is 5.10 Å². The average molecular weight is 366 g/mol. The summed E-state index contributed by atoms with van der Waals surface area (Å²) in [5.74, 6) is -0.301. The van der Waals surface area contributed by atoms with Crippen molar-refractivity contribution in [1.29, 1.82) is 0 Å². The number of rotatable bonds is 6. The molecule has 134 valence electrons. The number of carbonyl (C=O) groups excluding carboxylic acids is 2. The maximum absolute atomic E-state index is 12.2. The standard InChI is InChI=1S/C16H20ClN5O3/c1-10(11-7-18-22(2)8-11)19-16(24)21-14-6-12(4-5-13(14)17)20-15(23)9-25-3/h4-8,10H,9H2,1-3H3,(H,20,23)(H2,19,21,24)/t10-/m1/s1. The van der Waals surface area contributed by atoms with Gasteiger partial charge in [0, 0.05) is 31.6 Å². The van der Waals surface area contributed by atoms with Crippen LogP contribution in [0.3, 0.4) is 0 Å². The van der Waals surface area contributed by atoms with Crippen LogP contribution in [-0.2, 0) is 16.6 Å². The Bertz CT molecular complexity index is 762. The predicted molar refractivity (Wildman–Crippen MR) is 95.7 cm³/mol. The summed E-state index contributed by atoms with van der Waals surface area (Å²) in [6, 6.07) is 4.15. The first kappa shape index (κ1) is 18.8. The van der Waals surface area contributed by atoms with E-state index in [2.05, 4.69) is 21.0 Å². The van der Waals surface area contributed by atoms with Gasteiger partial charge in [-0.3, -0.25) is 9.48 Å². The number of hydrogen-bond donors (Lipinski definition) is 3. The number of benzene rings is 1. The highest BCUT2D eigenvalue weighted by Crippen LogP contribution is 2.25. The molecule has 0 aliphatic rings. The van der Waals surface area contributed by atoms with Crippen LogP contribution in [0.4, 0.5) is 16.2 Å². The molecule has 0 aliphatic heterocycles. The molecule has 2 rings (SSSR count). The summed E-state index contributed by atoms with van der Waals surface area (Å²) in [5, 5.41) is 12.5. The number of aryl methyl sites for hydroxylation is 1. The molecule has 8 nitrogen and oxygen atoms in total. The van der Waals surface area contributed by atoms with E-state index in [1.807, 2.05) is 13.1 Å². The zero-order valence-electron chi connectivity index (χ0n) is 14.2. The number of anilines is 2. The van der Waals surface area contributed by atoms with Crippen molar-refractivity contribution in [2.24, 2.45) is 7.05 Å². The molecule has 25 heavy (non-hydrogen) atoms. The van der Waals surface area contributed by atoms with Crippen molar-refractivity contribution in [2.45, 2.75) is 13.0 Å². The van der Waals surface area contributed by atoms with Crippen LogP contribution in [0.25, 0.3) is 0 Å². The first-order valence-electron chi connectivity index (χ1n) is 7.53. The fourth-order valence-electron chi connectivity index (χ4n) is 2.13. The lowest BCUT2D eigenvalue weighted by molar-refractivity contribution is -0.119. The van der Waals surface area contributed by atoms with E-state index in [1.165, 1.54) is 7.11 Å². The van der Waals surface area contributed by atoms with E-state index in [0.717, 1.165) is 5.56 Å². The minimum Gasteiger partial charge on any atom is -0.375 e. The summed E-state index contributed by atoms with van der Waals surface area (Å²) in [5.41, 5.74) is 1.76. The molecule has 3 amide bonds. The van der Waals surface area contributed by atoms with Crippen LogP contribution in [0.1, 0.15) is 18.5 Å². The second-order valence-electron chi connectivity index (χ2n) is 5.44. The van der Waals surface area contributed by atoms with Crippen molar-refractivity contribution in [1.82, 2.24) is 15.1 Å². The van der Waals surface area contributed by atoms with Crippen LogP contribution in [0.15, 0.2) is 30.6 Å². The highest BCUT2D eigenvalue weighted by atomic mass is 35.5. The highest BCUT2D eigenvalue weighted by Gasteiger charge is 2.13. The largest absolute Gasteiger partial charge is 0.375 e. The third-order valence-electron chi connectivity index (χ3n) is 3.35. The van der Waals surface area contributed by atoms with Gasteiger partial charge in [-0.05, 0) is 25.1 Å². The van der Waals surface area contributed by atoms with Gasteiger partial charge in [-0.1, -0.05) is 11.6 Å². The first-order valence-corrected chi connectivity index (χ1v) is 7.91. The number of urea groups is 1. The van der Waals surface area contributed by atoms with Crippen LogP contribution in [-0.4, -0.2) is 35.4 Å². The molecular formula is C16H20ClN5O3. The zero-order valence-corrected chi connectivity index (χ0v) is 14.9. The average Bonchev–Trinajstić information content (AvgIpc) is 2.97. The van der Waals surface area contributed by atoms with E-state index in [-0.39, 0.29) is 18.6 Å². The monoisotopic (exact) mass is 365 g/mol. The number of ether oxygens (including phenoxy) is 1. The predicted octanol–water partition coefficient (Wildman–Crippen LogP) is 2.54. The molecule has 0 unspecified atom stereocenters. The number of nitrogens with zero attached hydrogens (tertiary/aromatic N) is 2. The van der Waals surface area contributed by atoms with Crippen LogP contribution in [0.5, 0.6) is 0 Å². The quantitative estimate of drug-likeness (QED) is 0.732. The highest BCUT2D eigenvalue weighted by molar-refractivity contribution is 6.33. The lowest BCUT2D eigenvalue weighted by Gasteiger charge is -2.15. The topological polar surface area (TPSA) is 97.3 Å². The fraction of sp³-hybridized carbons (Fsp3) is 0.312. The Kier molecular flexibility index (Phi) is 6.37. The molecule has 1 aromatic carbocycles. The second kappa shape index (κ2) is 8.50. The van der Waals surface area contributed by atoms with Gasteiger partial charge in [0.1, 0.15) is 6.61 Å². The fourth-order valence-corrected chi connectivity index (χ4v) is 2.29. The molecule has 3 N–H and O–H groups in total. The Morgan fingerprint density at radius 3 is 2.76 bits per heavy atom. The maximum Gasteiger partial charge on any atom is 0.319 e. The van der Waals surface area contributed by atoms with Crippen LogP contribution in [0, 0.1) is 0 Å². The van der Waals surface area contributed by atoms with Crippen molar-refractivity contribution in [3.63, 3.8) is 0 Å². The van der Waals surface area contributed by atoms with Crippen molar-refractivity contribution < 1.29 is 14.3 Å². The maximum atomic E-state index is 12.2. The molecule has 1 heterocycles. The first-order chi connectivity index (χ1) is 11.9. The number of aromatic nitrogens is 2. The van der Waals surface area contributed by atoms with Crippen molar-refractivity contribution >= 4 is 34.9 Å². The molecule has 0 bridgehead atoms. The van der Waals surface area contributed by atoms with Crippen LogP contribution >= 0.6 is 11.6 Å². The normalized spacial score (nSPS) is 11.7. The van der Waals surface area contributed by atoms with Gasteiger partial charge in [0.05, 0.1) is 22.9 Å². The van der Waals surface area contributed by atoms with Crippen molar-refractivity contribution in [3.8, 4) is 0 Å². The Hall–Kier alpha value is -2.58. The Balaban J connectivity index is 2.00. The third-order valence-corrected chi connectivity index (χ3v) is 3.68. The second-order valence-corrected chi connectivity index (χ2v) is 5.85. The molecule has 0 fully saturated rings. The van der Waals surface area contributed by atoms with E-state index >= 15 is 0 Å². The Morgan fingerprint density at radius 1 is 1.36 bits per heavy atom. The van der Waals surface area contributed by atoms with E-state index in [4.69, 9.17) is 16.3 Å². The summed E-state index contributed by atoms with van der Waals surface area (Å²) in [7, 11) is 3.24. The molecule has 9 heteroatoms. The molecule has 1 atom stereocenters. The van der Waals surface area contributed by atoms with Gasteiger partial charge >= 0.3 is 6.03 Å². The zero-order chi connectivity index (χ0) is 18.4. The SMILES string of the molecule is COCC(=O)Nc1ccc(Cl)c(NC(=O)N[C@H](C)c2cnn(C)c2)c1. The molecular weight excluding hydrogens is 346 g/mol. The lowest BCUT2D eigenvalue weighted by Crippen LogP contribution is -2.31. The third kappa shape index (κ3) is 5.47. The number of hydrogen-bond acceptors (Lipinski definition) is 4. The van der Waals surface area contributed by atoms with E-state index < -0.39 is 6.03 Å². The summed E-state index contributed by atoms with van der Waals surface area (Å²) in [4.78, 5) is 23.7. The van der Waals surface area contributed by atoms with Crippen molar-refractivity contribution in [2.75, 3.05) is 24.4 Å². The van der Waals surface area contributed by atoms with E-state index in [0.29, 0.717) is 16.4 Å². The summed E-state index contributed by atoms with van der Waals surface area (Å²) < 4.78 is 6.42. The number of methoxy groups -OCH3 is 1. The Labute approximate surface area is 150 Å². The van der Waals surface area contributed by atoms with Gasteiger partial charge in [0.25, 0.3) is 0 Å². The van der Waals surface area contributed by atoms with Crippen LogP contribution in [0.2, 0.25) is 5.02 Å². The minimum atomic E-state index is -0.418. The molecule has 0 spiro atoms. The number of amides is 3. The summed E-state index contributed by atoms with van der Waals surface area (Å²) in [6.45, 7) is 1.79. The number of halogens is 1.